The number of carbonyl (C=O) groups is 2. The zero-order valence-corrected chi connectivity index (χ0v) is 20.6. The van der Waals surface area contributed by atoms with Gasteiger partial charge in [0.15, 0.2) is 6.17 Å². The number of nitrogens with one attached hydrogen (secondary N) is 1. The second-order valence-corrected chi connectivity index (χ2v) is 9.46. The van der Waals surface area contributed by atoms with Crippen LogP contribution in [0.3, 0.4) is 0 Å². The minimum absolute atomic E-state index is 0.243. The summed E-state index contributed by atoms with van der Waals surface area (Å²) in [5, 5.41) is 15.2. The van der Waals surface area contributed by atoms with Gasteiger partial charge in [0.05, 0.1) is 25.6 Å². The zero-order valence-electron chi connectivity index (χ0n) is 17.6. The molecule has 32 heavy (non-hydrogen) atoms. The molecule has 2 aromatic carbocycles. The Kier molecular flexibility index (Phi) is 7.37. The van der Waals surface area contributed by atoms with Crippen LogP contribution in [0.15, 0.2) is 36.4 Å². The third kappa shape index (κ3) is 4.58. The van der Waals surface area contributed by atoms with Gasteiger partial charge >= 0.3 is 12.1 Å². The SMILES string of the molecule is CCCN1C(=O)N(c2ccc(Cl)c(Cl)c2)C(N(O)C(=O)Nc2ccc(Cl)c(Cl)c2)C1(C)C. The number of amides is 4. The first-order valence-electron chi connectivity index (χ1n) is 9.79. The fraction of sp³-hybridized carbons (Fsp3) is 0.333. The van der Waals surface area contributed by atoms with Crippen molar-refractivity contribution in [2.75, 3.05) is 16.8 Å². The lowest BCUT2D eigenvalue weighted by atomic mass is 9.99. The number of carbonyl (C=O) groups excluding carboxylic acids is 2. The average Bonchev–Trinajstić information content (AvgIpc) is 2.92. The van der Waals surface area contributed by atoms with E-state index < -0.39 is 17.7 Å². The quantitative estimate of drug-likeness (QED) is 0.330. The third-order valence-electron chi connectivity index (χ3n) is 5.25. The van der Waals surface area contributed by atoms with Crippen molar-refractivity contribution < 1.29 is 14.8 Å². The maximum Gasteiger partial charge on any atom is 0.347 e. The first-order valence-corrected chi connectivity index (χ1v) is 11.3. The lowest BCUT2D eigenvalue weighted by Crippen LogP contribution is -2.58. The smallest absolute Gasteiger partial charge is 0.315 e. The molecule has 0 aromatic heterocycles. The highest BCUT2D eigenvalue weighted by molar-refractivity contribution is 6.42. The van der Waals surface area contributed by atoms with Gasteiger partial charge in [-0.2, -0.15) is 5.06 Å². The number of benzene rings is 2. The van der Waals surface area contributed by atoms with Crippen molar-refractivity contribution in [1.82, 2.24) is 9.96 Å². The predicted octanol–water partition coefficient (Wildman–Crippen LogP) is 6.98. The third-order valence-corrected chi connectivity index (χ3v) is 6.73. The molecular weight excluding hydrogens is 498 g/mol. The Labute approximate surface area is 206 Å². The van der Waals surface area contributed by atoms with Gasteiger partial charge in [0.1, 0.15) is 0 Å². The Hall–Kier alpha value is -1.90. The summed E-state index contributed by atoms with van der Waals surface area (Å²) in [5.41, 5.74) is -0.220. The van der Waals surface area contributed by atoms with Crippen LogP contribution < -0.4 is 10.2 Å². The van der Waals surface area contributed by atoms with Crippen molar-refractivity contribution in [3.63, 3.8) is 0 Å². The van der Waals surface area contributed by atoms with E-state index in [1.54, 1.807) is 36.9 Å². The van der Waals surface area contributed by atoms with E-state index in [0.717, 1.165) is 0 Å². The fourth-order valence-corrected chi connectivity index (χ4v) is 4.30. The first-order chi connectivity index (χ1) is 15.0. The first kappa shape index (κ1) is 24.7. The Morgan fingerprint density at radius 3 is 2.22 bits per heavy atom. The molecule has 1 aliphatic heterocycles. The summed E-state index contributed by atoms with van der Waals surface area (Å²) < 4.78 is 0. The number of rotatable bonds is 5. The van der Waals surface area contributed by atoms with Crippen LogP contribution in [0.5, 0.6) is 0 Å². The summed E-state index contributed by atoms with van der Waals surface area (Å²) in [6, 6.07) is 7.98. The summed E-state index contributed by atoms with van der Waals surface area (Å²) in [4.78, 5) is 29.2. The lowest BCUT2D eigenvalue weighted by molar-refractivity contribution is -0.0948. The van der Waals surface area contributed by atoms with Gasteiger partial charge in [-0.1, -0.05) is 53.3 Å². The van der Waals surface area contributed by atoms with E-state index in [9.17, 15) is 14.8 Å². The summed E-state index contributed by atoms with van der Waals surface area (Å²) in [6.45, 7) is 5.92. The van der Waals surface area contributed by atoms with Crippen molar-refractivity contribution in [2.45, 2.75) is 38.9 Å². The van der Waals surface area contributed by atoms with E-state index >= 15 is 0 Å². The second kappa shape index (κ2) is 9.53. The Bertz CT molecular complexity index is 1050. The number of hydroxylamine groups is 2. The van der Waals surface area contributed by atoms with Gasteiger partial charge in [-0.15, -0.1) is 0 Å². The number of anilines is 2. The van der Waals surface area contributed by atoms with E-state index in [-0.39, 0.29) is 16.1 Å². The standard InChI is InChI=1S/C21H22Cl4N4O3/c1-4-9-27-20(31)28(13-6-8-15(23)17(25)11-13)18(21(27,2)3)29(32)19(30)26-12-5-7-14(22)16(24)10-12/h5-8,10-11,18,32H,4,9H2,1-3H3,(H,26,30). The number of nitrogens with zero attached hydrogens (tertiary/aromatic N) is 3. The van der Waals surface area contributed by atoms with E-state index in [0.29, 0.717) is 39.4 Å². The molecule has 0 radical (unpaired) electrons. The topological polar surface area (TPSA) is 76.1 Å². The Morgan fingerprint density at radius 2 is 1.66 bits per heavy atom. The highest BCUT2D eigenvalue weighted by atomic mass is 35.5. The number of halogens is 4. The maximum absolute atomic E-state index is 13.4. The van der Waals surface area contributed by atoms with E-state index in [4.69, 9.17) is 46.4 Å². The van der Waals surface area contributed by atoms with E-state index in [1.165, 1.54) is 23.1 Å². The largest absolute Gasteiger partial charge is 0.347 e. The number of hydrogen-bond acceptors (Lipinski definition) is 3. The van der Waals surface area contributed by atoms with Gasteiger partial charge in [-0.05, 0) is 56.7 Å². The molecule has 2 aromatic rings. The molecule has 2 N–H and O–H groups in total. The van der Waals surface area contributed by atoms with Crippen LogP contribution in [-0.2, 0) is 0 Å². The van der Waals surface area contributed by atoms with Crippen LogP contribution in [0.25, 0.3) is 0 Å². The molecule has 0 saturated carbocycles. The minimum Gasteiger partial charge on any atom is -0.315 e. The molecule has 11 heteroatoms. The number of urea groups is 2. The van der Waals surface area contributed by atoms with Crippen LogP contribution in [0, 0.1) is 0 Å². The van der Waals surface area contributed by atoms with Crippen LogP contribution >= 0.6 is 46.4 Å². The summed E-state index contributed by atoms with van der Waals surface area (Å²) in [5.74, 6) is 0. The van der Waals surface area contributed by atoms with Crippen LogP contribution in [0.1, 0.15) is 27.2 Å². The molecule has 7 nitrogen and oxygen atoms in total. The van der Waals surface area contributed by atoms with Crippen molar-refractivity contribution in [1.29, 1.82) is 0 Å². The second-order valence-electron chi connectivity index (χ2n) is 7.83. The summed E-state index contributed by atoms with van der Waals surface area (Å²) in [6.07, 6.45) is -0.376. The average molecular weight is 520 g/mol. The monoisotopic (exact) mass is 518 g/mol. The van der Waals surface area contributed by atoms with Gasteiger partial charge in [-0.3, -0.25) is 10.1 Å². The van der Waals surface area contributed by atoms with Gasteiger partial charge in [0.2, 0.25) is 0 Å². The van der Waals surface area contributed by atoms with Gasteiger partial charge in [-0.25, -0.2) is 9.59 Å². The Balaban J connectivity index is 1.99. The van der Waals surface area contributed by atoms with Gasteiger partial charge < -0.3 is 10.2 Å². The minimum atomic E-state index is -1.07. The molecule has 0 aliphatic carbocycles. The molecule has 1 aliphatic rings. The molecule has 4 amide bonds. The Morgan fingerprint density at radius 1 is 1.06 bits per heavy atom. The van der Waals surface area contributed by atoms with Crippen LogP contribution in [0.2, 0.25) is 20.1 Å². The van der Waals surface area contributed by atoms with E-state index in [2.05, 4.69) is 5.32 Å². The van der Waals surface area contributed by atoms with Crippen molar-refractivity contribution in [3.8, 4) is 0 Å². The summed E-state index contributed by atoms with van der Waals surface area (Å²) in [7, 11) is 0. The molecule has 0 bridgehead atoms. The zero-order chi connectivity index (χ0) is 23.8. The maximum atomic E-state index is 13.4. The normalized spacial score (nSPS) is 17.6. The van der Waals surface area contributed by atoms with Crippen molar-refractivity contribution in [3.05, 3.63) is 56.5 Å². The van der Waals surface area contributed by atoms with Crippen molar-refractivity contribution in [2.24, 2.45) is 0 Å². The van der Waals surface area contributed by atoms with E-state index in [1.807, 2.05) is 6.92 Å². The van der Waals surface area contributed by atoms with Gasteiger partial charge in [0, 0.05) is 17.9 Å². The molecule has 1 fully saturated rings. The molecule has 1 saturated heterocycles. The predicted molar refractivity (Wildman–Crippen MR) is 128 cm³/mol. The molecule has 0 spiro atoms. The van der Waals surface area contributed by atoms with Crippen LogP contribution in [-0.4, -0.2) is 45.5 Å². The highest BCUT2D eigenvalue weighted by Gasteiger charge is 2.55. The highest BCUT2D eigenvalue weighted by Crippen LogP contribution is 2.39. The molecule has 1 heterocycles. The van der Waals surface area contributed by atoms with Gasteiger partial charge in [0.25, 0.3) is 0 Å². The van der Waals surface area contributed by atoms with Crippen molar-refractivity contribution >= 4 is 69.8 Å². The summed E-state index contributed by atoms with van der Waals surface area (Å²) >= 11 is 24.1. The van der Waals surface area contributed by atoms with Crippen LogP contribution in [0.4, 0.5) is 21.0 Å². The molecular formula is C21H22Cl4N4O3. The lowest BCUT2D eigenvalue weighted by Gasteiger charge is -2.38. The molecule has 172 valence electrons. The number of hydrogen-bond donors (Lipinski definition) is 2. The molecule has 3 rings (SSSR count). The molecule has 1 unspecified atom stereocenters. The molecule has 1 atom stereocenters. The fourth-order valence-electron chi connectivity index (χ4n) is 3.70.